The molecule has 0 heterocycles. The largest absolute Gasteiger partial charge is 0.136 e. The molecule has 0 saturated carbocycles. The first kappa shape index (κ1) is 8.44. The van der Waals surface area contributed by atoms with Crippen LogP contribution in [-0.4, -0.2) is 4.20 Å². The number of rotatable bonds is 2. The minimum absolute atomic E-state index is 0.466. The van der Waals surface area contributed by atoms with Gasteiger partial charge in [0, 0.05) is 4.20 Å². The highest BCUT2D eigenvalue weighted by Crippen LogP contribution is 2.13. The van der Waals surface area contributed by atoms with Crippen molar-refractivity contribution in [2.75, 3.05) is 0 Å². The summed E-state index contributed by atoms with van der Waals surface area (Å²) in [6, 6.07) is 0. The molecule has 0 bridgehead atoms. The van der Waals surface area contributed by atoms with Crippen LogP contribution in [0.2, 0.25) is 0 Å². The molecular formula is C6H12S2. The van der Waals surface area contributed by atoms with Crippen molar-refractivity contribution in [1.82, 2.24) is 0 Å². The second-order valence-corrected chi connectivity index (χ2v) is 3.60. The molecule has 0 fully saturated rings. The fraction of sp³-hybridized carbons (Fsp3) is 0.833. The zero-order valence-electron chi connectivity index (χ0n) is 5.51. The predicted octanol–water partition coefficient (Wildman–Crippen LogP) is 2.54. The molecule has 0 aromatic rings. The quantitative estimate of drug-likeness (QED) is 0.464. The van der Waals surface area contributed by atoms with Crippen molar-refractivity contribution in [3.63, 3.8) is 0 Å². The molecule has 0 aliphatic heterocycles. The van der Waals surface area contributed by atoms with Crippen molar-refractivity contribution in [3.05, 3.63) is 0 Å². The molecule has 0 N–H and O–H groups in total. The summed E-state index contributed by atoms with van der Waals surface area (Å²) in [4.78, 5) is 0. The minimum atomic E-state index is 0.466. The lowest BCUT2D eigenvalue weighted by molar-refractivity contribution is 0.542. The molecule has 0 nitrogen and oxygen atoms in total. The zero-order chi connectivity index (χ0) is 6.73. The van der Waals surface area contributed by atoms with E-state index < -0.39 is 0 Å². The van der Waals surface area contributed by atoms with Crippen molar-refractivity contribution in [1.29, 1.82) is 0 Å². The molecule has 0 spiro atoms. The molecule has 8 heavy (non-hydrogen) atoms. The Morgan fingerprint density at radius 1 is 1.38 bits per heavy atom. The Bertz CT molecular complexity index is 86.5. The van der Waals surface area contributed by atoms with Gasteiger partial charge in [-0.3, -0.25) is 0 Å². The Morgan fingerprint density at radius 3 is 1.75 bits per heavy atom. The molecule has 0 amide bonds. The third-order valence-corrected chi connectivity index (χ3v) is 2.17. The van der Waals surface area contributed by atoms with Gasteiger partial charge in [0.2, 0.25) is 0 Å². The summed E-state index contributed by atoms with van der Waals surface area (Å²) >= 11 is 8.92. The van der Waals surface area contributed by atoms with Gasteiger partial charge in [-0.05, 0) is 11.8 Å². The van der Waals surface area contributed by atoms with Gasteiger partial charge in [0.1, 0.15) is 0 Å². The Hall–Kier alpha value is 0.440. The van der Waals surface area contributed by atoms with Crippen LogP contribution < -0.4 is 0 Å². The van der Waals surface area contributed by atoms with Crippen LogP contribution in [0.25, 0.3) is 0 Å². The van der Waals surface area contributed by atoms with E-state index in [-0.39, 0.29) is 0 Å². The molecule has 0 rings (SSSR count). The van der Waals surface area contributed by atoms with Crippen LogP contribution >= 0.6 is 24.8 Å². The summed E-state index contributed by atoms with van der Waals surface area (Å²) in [6.45, 7) is 6.39. The minimum Gasteiger partial charge on any atom is -0.136 e. The average molecular weight is 148 g/mol. The highest BCUT2D eigenvalue weighted by Gasteiger charge is 2.07. The molecule has 2 heteroatoms. The van der Waals surface area contributed by atoms with E-state index >= 15 is 0 Å². The van der Waals surface area contributed by atoms with Gasteiger partial charge >= 0.3 is 0 Å². The van der Waals surface area contributed by atoms with Crippen LogP contribution in [-0.2, 0) is 0 Å². The Balaban J connectivity index is 3.64. The normalized spacial score (nSPS) is 14.1. The maximum atomic E-state index is 4.86. The van der Waals surface area contributed by atoms with Crippen molar-refractivity contribution in [3.8, 4) is 0 Å². The lowest BCUT2D eigenvalue weighted by Gasteiger charge is -2.11. The third kappa shape index (κ3) is 2.68. The second kappa shape index (κ2) is 3.46. The maximum Gasteiger partial charge on any atom is 0.0478 e. The Kier molecular flexibility index (Phi) is 3.65. The van der Waals surface area contributed by atoms with E-state index in [1.807, 2.05) is 0 Å². The number of hydrogen-bond acceptors (Lipinski definition) is 1. The molecule has 0 aliphatic rings. The van der Waals surface area contributed by atoms with Gasteiger partial charge in [-0.15, -0.1) is 12.6 Å². The van der Waals surface area contributed by atoms with Crippen LogP contribution in [0.15, 0.2) is 0 Å². The number of hydrogen-bond donors (Lipinski definition) is 1. The van der Waals surface area contributed by atoms with E-state index in [0.29, 0.717) is 11.8 Å². The van der Waals surface area contributed by atoms with E-state index in [4.69, 9.17) is 12.2 Å². The highest BCUT2D eigenvalue weighted by atomic mass is 32.1. The van der Waals surface area contributed by atoms with Crippen molar-refractivity contribution < 1.29 is 0 Å². The third-order valence-electron chi connectivity index (χ3n) is 1.39. The standard InChI is InChI=1S/C6H12S2/c1-4(2)5(3)6(7)8/h4-5H,1-3H3,(H,7,8). The molecule has 0 radical (unpaired) electrons. The smallest absolute Gasteiger partial charge is 0.0478 e. The molecule has 0 aromatic carbocycles. The summed E-state index contributed by atoms with van der Waals surface area (Å²) in [6.07, 6.45) is 0. The topological polar surface area (TPSA) is 0 Å². The van der Waals surface area contributed by atoms with Gasteiger partial charge in [0.05, 0.1) is 0 Å². The van der Waals surface area contributed by atoms with Gasteiger partial charge < -0.3 is 0 Å². The maximum absolute atomic E-state index is 4.86. The van der Waals surface area contributed by atoms with E-state index in [0.717, 1.165) is 4.20 Å². The molecule has 0 aromatic heterocycles. The summed E-state index contributed by atoms with van der Waals surface area (Å²) in [5.74, 6) is 1.09. The molecule has 48 valence electrons. The molecule has 0 saturated heterocycles. The van der Waals surface area contributed by atoms with E-state index in [2.05, 4.69) is 33.4 Å². The summed E-state index contributed by atoms with van der Waals surface area (Å²) in [5.41, 5.74) is 0. The van der Waals surface area contributed by atoms with Crippen LogP contribution in [0.1, 0.15) is 20.8 Å². The average Bonchev–Trinajstić information content (AvgIpc) is 1.64. The molecule has 0 aliphatic carbocycles. The second-order valence-electron chi connectivity index (χ2n) is 2.37. The monoisotopic (exact) mass is 148 g/mol. The highest BCUT2D eigenvalue weighted by molar-refractivity contribution is 8.11. The first-order valence-electron chi connectivity index (χ1n) is 2.78. The summed E-state index contributed by atoms with van der Waals surface area (Å²) in [5, 5.41) is 0. The van der Waals surface area contributed by atoms with Crippen molar-refractivity contribution in [2.45, 2.75) is 20.8 Å². The number of thiocarbonyl (C=S) groups is 1. The van der Waals surface area contributed by atoms with E-state index in [9.17, 15) is 0 Å². The lowest BCUT2D eigenvalue weighted by atomic mass is 10.0. The first-order valence-corrected chi connectivity index (χ1v) is 3.64. The summed E-state index contributed by atoms with van der Waals surface area (Å²) in [7, 11) is 0. The Labute approximate surface area is 62.1 Å². The fourth-order valence-corrected chi connectivity index (χ4v) is 0.855. The molecule has 1 atom stereocenters. The van der Waals surface area contributed by atoms with E-state index in [1.165, 1.54) is 0 Å². The van der Waals surface area contributed by atoms with Crippen LogP contribution in [0.3, 0.4) is 0 Å². The first-order chi connectivity index (χ1) is 3.55. The van der Waals surface area contributed by atoms with Crippen LogP contribution in [0, 0.1) is 11.8 Å². The predicted molar refractivity (Wildman–Crippen MR) is 45.6 cm³/mol. The van der Waals surface area contributed by atoms with Crippen LogP contribution in [0.5, 0.6) is 0 Å². The Morgan fingerprint density at radius 2 is 1.75 bits per heavy atom. The van der Waals surface area contributed by atoms with Crippen molar-refractivity contribution >= 4 is 29.0 Å². The van der Waals surface area contributed by atoms with Crippen LogP contribution in [0.4, 0.5) is 0 Å². The van der Waals surface area contributed by atoms with E-state index in [1.54, 1.807) is 0 Å². The van der Waals surface area contributed by atoms with Gasteiger partial charge in [0.15, 0.2) is 0 Å². The lowest BCUT2D eigenvalue weighted by Crippen LogP contribution is -2.08. The van der Waals surface area contributed by atoms with Crippen molar-refractivity contribution in [2.24, 2.45) is 11.8 Å². The zero-order valence-corrected chi connectivity index (χ0v) is 7.22. The van der Waals surface area contributed by atoms with Gasteiger partial charge in [-0.25, -0.2) is 0 Å². The van der Waals surface area contributed by atoms with Gasteiger partial charge in [-0.2, -0.15) is 0 Å². The number of thiol groups is 1. The fourth-order valence-electron chi connectivity index (χ4n) is 0.285. The molecular weight excluding hydrogens is 136 g/mol. The summed E-state index contributed by atoms with van der Waals surface area (Å²) < 4.78 is 0.819. The van der Waals surface area contributed by atoms with Gasteiger partial charge in [-0.1, -0.05) is 33.0 Å². The molecule has 1 unspecified atom stereocenters. The van der Waals surface area contributed by atoms with Gasteiger partial charge in [0.25, 0.3) is 0 Å². The SMILES string of the molecule is CC(C)C(C)C(=S)S.